The molecular formula is C8H6ClN3O. The van der Waals surface area contributed by atoms with Gasteiger partial charge in [0.2, 0.25) is 0 Å². The molecular weight excluding hydrogens is 190 g/mol. The van der Waals surface area contributed by atoms with Crippen LogP contribution in [-0.4, -0.2) is 15.0 Å². The molecule has 0 fully saturated rings. The molecule has 0 bridgehead atoms. The van der Waals surface area contributed by atoms with Crippen LogP contribution in [0.15, 0.2) is 17.1 Å². The molecule has 0 atom stereocenters. The number of fused-ring (bicyclic) bond motifs is 1. The maximum absolute atomic E-state index is 11.2. The Balaban J connectivity index is 2.97. The molecule has 1 N–H and O–H groups in total. The Labute approximate surface area is 78.6 Å². The van der Waals surface area contributed by atoms with Crippen LogP contribution in [0.2, 0.25) is 5.15 Å². The average Bonchev–Trinajstić information content (AvgIpc) is 2.09. The van der Waals surface area contributed by atoms with Gasteiger partial charge in [-0.05, 0) is 13.0 Å². The summed E-state index contributed by atoms with van der Waals surface area (Å²) >= 11 is 5.76. The summed E-state index contributed by atoms with van der Waals surface area (Å²) in [5, 5.41) is 0.266. The van der Waals surface area contributed by atoms with Crippen LogP contribution in [0.4, 0.5) is 0 Å². The van der Waals surface area contributed by atoms with Crippen LogP contribution in [-0.2, 0) is 0 Å². The van der Waals surface area contributed by atoms with Crippen LogP contribution in [0.3, 0.4) is 0 Å². The molecule has 13 heavy (non-hydrogen) atoms. The minimum absolute atomic E-state index is 0.234. The van der Waals surface area contributed by atoms with Crippen molar-refractivity contribution in [2.75, 3.05) is 0 Å². The SMILES string of the molecule is Cc1nc2ccnc(Cl)c2[nH]c1=O. The number of halogens is 1. The van der Waals surface area contributed by atoms with E-state index in [1.54, 1.807) is 19.2 Å². The normalized spacial score (nSPS) is 10.6. The third-order valence-electron chi connectivity index (χ3n) is 1.74. The van der Waals surface area contributed by atoms with Gasteiger partial charge in [-0.2, -0.15) is 0 Å². The number of aromatic amines is 1. The van der Waals surface area contributed by atoms with Crippen LogP contribution in [0, 0.1) is 6.92 Å². The van der Waals surface area contributed by atoms with Crippen molar-refractivity contribution in [2.45, 2.75) is 6.92 Å². The molecule has 5 heteroatoms. The van der Waals surface area contributed by atoms with Gasteiger partial charge in [-0.1, -0.05) is 11.6 Å². The first kappa shape index (κ1) is 8.19. The summed E-state index contributed by atoms with van der Waals surface area (Å²) in [6.45, 7) is 1.65. The minimum atomic E-state index is -0.234. The molecule has 2 heterocycles. The predicted molar refractivity (Wildman–Crippen MR) is 49.9 cm³/mol. The fourth-order valence-corrected chi connectivity index (χ4v) is 1.27. The highest BCUT2D eigenvalue weighted by molar-refractivity contribution is 6.33. The van der Waals surface area contributed by atoms with E-state index in [0.717, 1.165) is 0 Å². The number of nitrogens with zero attached hydrogens (tertiary/aromatic N) is 2. The van der Waals surface area contributed by atoms with Crippen LogP contribution >= 0.6 is 11.6 Å². The van der Waals surface area contributed by atoms with Gasteiger partial charge in [-0.15, -0.1) is 0 Å². The zero-order valence-corrected chi connectivity index (χ0v) is 7.59. The Bertz CT molecular complexity index is 520. The first-order valence-corrected chi connectivity index (χ1v) is 4.07. The van der Waals surface area contributed by atoms with Gasteiger partial charge in [0.15, 0.2) is 5.15 Å². The average molecular weight is 196 g/mol. The summed E-state index contributed by atoms with van der Waals surface area (Å²) in [4.78, 5) is 21.7. The molecule has 0 aliphatic heterocycles. The zero-order valence-electron chi connectivity index (χ0n) is 6.84. The van der Waals surface area contributed by atoms with E-state index in [9.17, 15) is 4.79 Å². The molecule has 2 rings (SSSR count). The summed E-state index contributed by atoms with van der Waals surface area (Å²) in [7, 11) is 0. The molecule has 2 aromatic rings. The summed E-state index contributed by atoms with van der Waals surface area (Å²) < 4.78 is 0. The number of aromatic nitrogens is 3. The topological polar surface area (TPSA) is 58.6 Å². The van der Waals surface area contributed by atoms with Crippen molar-refractivity contribution in [1.82, 2.24) is 15.0 Å². The van der Waals surface area contributed by atoms with Crippen LogP contribution in [0.1, 0.15) is 5.69 Å². The first-order valence-electron chi connectivity index (χ1n) is 3.69. The molecule has 0 amide bonds. The van der Waals surface area contributed by atoms with E-state index in [1.165, 1.54) is 0 Å². The van der Waals surface area contributed by atoms with Crippen molar-refractivity contribution in [2.24, 2.45) is 0 Å². The third kappa shape index (κ3) is 1.29. The van der Waals surface area contributed by atoms with Crippen LogP contribution in [0.5, 0.6) is 0 Å². The zero-order chi connectivity index (χ0) is 9.42. The van der Waals surface area contributed by atoms with Crippen molar-refractivity contribution in [3.8, 4) is 0 Å². The molecule has 0 saturated heterocycles. The van der Waals surface area contributed by atoms with E-state index >= 15 is 0 Å². The van der Waals surface area contributed by atoms with E-state index in [2.05, 4.69) is 15.0 Å². The molecule has 0 aliphatic carbocycles. The number of aryl methyl sites for hydroxylation is 1. The molecule has 4 nitrogen and oxygen atoms in total. The van der Waals surface area contributed by atoms with E-state index < -0.39 is 0 Å². The molecule has 0 unspecified atom stereocenters. The maximum atomic E-state index is 11.2. The van der Waals surface area contributed by atoms with Crippen molar-refractivity contribution in [3.63, 3.8) is 0 Å². The van der Waals surface area contributed by atoms with Crippen LogP contribution < -0.4 is 5.56 Å². The lowest BCUT2D eigenvalue weighted by molar-refractivity contribution is 1.11. The van der Waals surface area contributed by atoms with Crippen molar-refractivity contribution in [1.29, 1.82) is 0 Å². The second-order valence-electron chi connectivity index (χ2n) is 2.65. The van der Waals surface area contributed by atoms with Crippen molar-refractivity contribution >= 4 is 22.6 Å². The van der Waals surface area contributed by atoms with E-state index in [0.29, 0.717) is 16.7 Å². The number of hydrogen-bond donors (Lipinski definition) is 1. The Morgan fingerprint density at radius 2 is 2.31 bits per heavy atom. The van der Waals surface area contributed by atoms with Gasteiger partial charge in [0, 0.05) is 6.20 Å². The largest absolute Gasteiger partial charge is 0.317 e. The maximum Gasteiger partial charge on any atom is 0.269 e. The van der Waals surface area contributed by atoms with Gasteiger partial charge >= 0.3 is 0 Å². The number of hydrogen-bond acceptors (Lipinski definition) is 3. The predicted octanol–water partition coefficient (Wildman–Crippen LogP) is 1.28. The lowest BCUT2D eigenvalue weighted by Crippen LogP contribution is -2.11. The second-order valence-corrected chi connectivity index (χ2v) is 3.01. The summed E-state index contributed by atoms with van der Waals surface area (Å²) in [5.74, 6) is 0. The summed E-state index contributed by atoms with van der Waals surface area (Å²) in [5.41, 5.74) is 1.33. The fraction of sp³-hybridized carbons (Fsp3) is 0.125. The number of pyridine rings is 1. The van der Waals surface area contributed by atoms with Crippen molar-refractivity contribution < 1.29 is 0 Å². The van der Waals surface area contributed by atoms with Crippen molar-refractivity contribution in [3.05, 3.63) is 33.5 Å². The molecule has 66 valence electrons. The highest BCUT2D eigenvalue weighted by atomic mass is 35.5. The smallest absolute Gasteiger partial charge is 0.269 e. The Hall–Kier alpha value is -1.42. The Morgan fingerprint density at radius 1 is 1.54 bits per heavy atom. The van der Waals surface area contributed by atoms with Gasteiger partial charge in [-0.25, -0.2) is 9.97 Å². The lowest BCUT2D eigenvalue weighted by atomic mass is 10.3. The lowest BCUT2D eigenvalue weighted by Gasteiger charge is -1.98. The molecule has 0 radical (unpaired) electrons. The number of rotatable bonds is 0. The fourth-order valence-electron chi connectivity index (χ4n) is 1.07. The highest BCUT2D eigenvalue weighted by Gasteiger charge is 2.03. The molecule has 0 spiro atoms. The van der Waals surface area contributed by atoms with E-state index in [4.69, 9.17) is 11.6 Å². The van der Waals surface area contributed by atoms with Crippen LogP contribution in [0.25, 0.3) is 11.0 Å². The van der Waals surface area contributed by atoms with Gasteiger partial charge in [0.1, 0.15) is 11.2 Å². The van der Waals surface area contributed by atoms with Gasteiger partial charge in [-0.3, -0.25) is 4.79 Å². The molecule has 0 aromatic carbocycles. The van der Waals surface area contributed by atoms with E-state index in [1.807, 2.05) is 0 Å². The molecule has 0 aliphatic rings. The third-order valence-corrected chi connectivity index (χ3v) is 2.02. The van der Waals surface area contributed by atoms with Gasteiger partial charge < -0.3 is 4.98 Å². The molecule has 0 saturated carbocycles. The molecule has 2 aromatic heterocycles. The number of nitrogens with one attached hydrogen (secondary N) is 1. The highest BCUT2D eigenvalue weighted by Crippen LogP contribution is 2.14. The van der Waals surface area contributed by atoms with E-state index in [-0.39, 0.29) is 10.7 Å². The summed E-state index contributed by atoms with van der Waals surface area (Å²) in [6.07, 6.45) is 1.55. The number of H-pyrrole nitrogens is 1. The Morgan fingerprint density at radius 3 is 3.08 bits per heavy atom. The van der Waals surface area contributed by atoms with Gasteiger partial charge in [0.25, 0.3) is 5.56 Å². The second kappa shape index (κ2) is 2.81. The Kier molecular flexibility index (Phi) is 1.77. The minimum Gasteiger partial charge on any atom is -0.317 e. The monoisotopic (exact) mass is 195 g/mol. The first-order chi connectivity index (χ1) is 6.18. The van der Waals surface area contributed by atoms with Gasteiger partial charge in [0.05, 0.1) is 5.52 Å². The summed E-state index contributed by atoms with van der Waals surface area (Å²) in [6, 6.07) is 1.70. The quantitative estimate of drug-likeness (QED) is 0.645. The standard InChI is InChI=1S/C8H6ClN3O/c1-4-8(13)12-6-5(11-4)2-3-10-7(6)9/h2-3H,1H3,(H,12,13).